The fourth-order valence-corrected chi connectivity index (χ4v) is 1.89. The molecule has 0 fully saturated rings. The van der Waals surface area contributed by atoms with E-state index in [9.17, 15) is 0 Å². The van der Waals surface area contributed by atoms with Crippen LogP contribution >= 0.6 is 15.9 Å². The highest BCUT2D eigenvalue weighted by Crippen LogP contribution is 2.08. The van der Waals surface area contributed by atoms with Crippen LogP contribution in [0.1, 0.15) is 39.3 Å². The molecule has 0 bridgehead atoms. The lowest BCUT2D eigenvalue weighted by atomic mass is 10.0. The van der Waals surface area contributed by atoms with E-state index in [-0.39, 0.29) is 0 Å². The molecule has 1 aromatic rings. The highest BCUT2D eigenvalue weighted by Gasteiger charge is 2.03. The molecule has 0 amide bonds. The van der Waals surface area contributed by atoms with Crippen LogP contribution in [0.2, 0.25) is 0 Å². The lowest BCUT2D eigenvalue weighted by Gasteiger charge is -2.14. The molecule has 90 valence electrons. The predicted octanol–water partition coefficient (Wildman–Crippen LogP) is 3.76. The molecule has 0 aromatic carbocycles. The molecule has 0 spiro atoms. The number of nitrogens with zero attached hydrogens (tertiary/aromatic N) is 1. The summed E-state index contributed by atoms with van der Waals surface area (Å²) in [6.45, 7) is 7.62. The Morgan fingerprint density at radius 2 is 2.00 bits per heavy atom. The average Bonchev–Trinajstić information content (AvgIpc) is 2.23. The van der Waals surface area contributed by atoms with E-state index < -0.39 is 0 Å². The van der Waals surface area contributed by atoms with Crippen LogP contribution in [-0.4, -0.2) is 11.0 Å². The molecule has 3 heteroatoms. The minimum absolute atomic E-state index is 0.559. The van der Waals surface area contributed by atoms with E-state index in [1.165, 1.54) is 12.8 Å². The first-order valence-electron chi connectivity index (χ1n) is 5.92. The second kappa shape index (κ2) is 7.02. The number of hydrogen-bond donors (Lipinski definition) is 1. The first kappa shape index (κ1) is 13.7. The van der Waals surface area contributed by atoms with Crippen molar-refractivity contribution < 1.29 is 0 Å². The summed E-state index contributed by atoms with van der Waals surface area (Å²) < 4.78 is 0.904. The molecule has 1 atom stereocenters. The van der Waals surface area contributed by atoms with Crippen LogP contribution in [0.15, 0.2) is 22.8 Å². The lowest BCUT2D eigenvalue weighted by molar-refractivity contribution is 0.448. The fraction of sp³-hybridized carbons (Fsp3) is 0.615. The summed E-state index contributed by atoms with van der Waals surface area (Å²) in [4.78, 5) is 4.39. The number of halogens is 1. The van der Waals surface area contributed by atoms with E-state index in [1.54, 1.807) is 0 Å². The molecule has 1 N–H and O–H groups in total. The second-order valence-electron chi connectivity index (χ2n) is 4.70. The lowest BCUT2D eigenvalue weighted by Crippen LogP contribution is -2.26. The van der Waals surface area contributed by atoms with E-state index >= 15 is 0 Å². The van der Waals surface area contributed by atoms with Gasteiger partial charge in [0.1, 0.15) is 4.60 Å². The molecular formula is C13H21BrN2. The van der Waals surface area contributed by atoms with Crippen LogP contribution in [0.3, 0.4) is 0 Å². The van der Waals surface area contributed by atoms with Gasteiger partial charge in [0.05, 0.1) is 5.69 Å². The largest absolute Gasteiger partial charge is 0.309 e. The number of nitrogens with one attached hydrogen (secondary N) is 1. The molecule has 1 heterocycles. The molecule has 0 radical (unpaired) electrons. The number of hydrogen-bond acceptors (Lipinski definition) is 2. The summed E-state index contributed by atoms with van der Waals surface area (Å²) in [6, 6.07) is 6.58. The third kappa shape index (κ3) is 5.61. The van der Waals surface area contributed by atoms with Gasteiger partial charge in [-0.1, -0.05) is 19.9 Å². The fourth-order valence-electron chi connectivity index (χ4n) is 1.51. The molecule has 1 unspecified atom stereocenters. The van der Waals surface area contributed by atoms with Crippen molar-refractivity contribution in [3.05, 3.63) is 28.5 Å². The van der Waals surface area contributed by atoms with Crippen molar-refractivity contribution in [2.45, 2.75) is 46.2 Å². The molecule has 16 heavy (non-hydrogen) atoms. The maximum Gasteiger partial charge on any atom is 0.106 e. The summed E-state index contributed by atoms with van der Waals surface area (Å²) in [6.07, 6.45) is 2.51. The van der Waals surface area contributed by atoms with Crippen molar-refractivity contribution in [2.75, 3.05) is 0 Å². The van der Waals surface area contributed by atoms with Gasteiger partial charge in [-0.15, -0.1) is 0 Å². The Morgan fingerprint density at radius 3 is 2.62 bits per heavy atom. The standard InChI is InChI=1S/C13H21BrN2/c1-10(2)7-8-11(3)15-9-12-5-4-6-13(14)16-12/h4-6,10-11,15H,7-9H2,1-3H3. The van der Waals surface area contributed by atoms with Gasteiger partial charge in [0.2, 0.25) is 0 Å². The Bertz CT molecular complexity index is 313. The molecule has 1 rings (SSSR count). The molecule has 0 aliphatic heterocycles. The van der Waals surface area contributed by atoms with E-state index in [0.717, 1.165) is 22.8 Å². The number of aromatic nitrogens is 1. The van der Waals surface area contributed by atoms with Crippen molar-refractivity contribution in [3.8, 4) is 0 Å². The summed E-state index contributed by atoms with van der Waals surface area (Å²) in [5, 5.41) is 3.50. The molecule has 0 aliphatic rings. The normalized spacial score (nSPS) is 13.1. The number of pyridine rings is 1. The Hall–Kier alpha value is -0.410. The highest BCUT2D eigenvalue weighted by atomic mass is 79.9. The van der Waals surface area contributed by atoms with Gasteiger partial charge in [-0.25, -0.2) is 4.98 Å². The molecule has 1 aromatic heterocycles. The third-order valence-corrected chi connectivity index (χ3v) is 3.02. The zero-order valence-electron chi connectivity index (χ0n) is 10.3. The van der Waals surface area contributed by atoms with Crippen LogP contribution in [0.5, 0.6) is 0 Å². The van der Waals surface area contributed by atoms with Crippen molar-refractivity contribution in [1.82, 2.24) is 10.3 Å². The maximum absolute atomic E-state index is 4.39. The predicted molar refractivity (Wildman–Crippen MR) is 72.3 cm³/mol. The van der Waals surface area contributed by atoms with Crippen LogP contribution < -0.4 is 5.32 Å². The zero-order chi connectivity index (χ0) is 12.0. The van der Waals surface area contributed by atoms with Gasteiger partial charge in [0.25, 0.3) is 0 Å². The van der Waals surface area contributed by atoms with Crippen molar-refractivity contribution in [1.29, 1.82) is 0 Å². The Kier molecular flexibility index (Phi) is 5.99. The summed E-state index contributed by atoms with van der Waals surface area (Å²) in [5.74, 6) is 0.785. The van der Waals surface area contributed by atoms with E-state index in [1.807, 2.05) is 18.2 Å². The monoisotopic (exact) mass is 284 g/mol. The topological polar surface area (TPSA) is 24.9 Å². The highest BCUT2D eigenvalue weighted by molar-refractivity contribution is 9.10. The van der Waals surface area contributed by atoms with E-state index in [0.29, 0.717) is 6.04 Å². The molecule has 0 saturated carbocycles. The minimum atomic E-state index is 0.559. The van der Waals surface area contributed by atoms with Crippen molar-refractivity contribution >= 4 is 15.9 Å². The summed E-state index contributed by atoms with van der Waals surface area (Å²) in [7, 11) is 0. The molecular weight excluding hydrogens is 264 g/mol. The first-order valence-corrected chi connectivity index (χ1v) is 6.72. The SMILES string of the molecule is CC(C)CCC(C)NCc1cccc(Br)n1. The van der Waals surface area contributed by atoms with E-state index in [2.05, 4.69) is 47.0 Å². The van der Waals surface area contributed by atoms with Gasteiger partial charge >= 0.3 is 0 Å². The van der Waals surface area contributed by atoms with Crippen LogP contribution in [-0.2, 0) is 6.54 Å². The number of rotatable bonds is 6. The second-order valence-corrected chi connectivity index (χ2v) is 5.52. The van der Waals surface area contributed by atoms with Crippen LogP contribution in [0, 0.1) is 5.92 Å². The zero-order valence-corrected chi connectivity index (χ0v) is 11.9. The quantitative estimate of drug-likeness (QED) is 0.805. The van der Waals surface area contributed by atoms with Crippen LogP contribution in [0.4, 0.5) is 0 Å². The average molecular weight is 285 g/mol. The first-order chi connectivity index (χ1) is 7.58. The summed E-state index contributed by atoms with van der Waals surface area (Å²) >= 11 is 3.38. The van der Waals surface area contributed by atoms with Gasteiger partial charge in [-0.05, 0) is 53.7 Å². The smallest absolute Gasteiger partial charge is 0.106 e. The van der Waals surface area contributed by atoms with Crippen molar-refractivity contribution in [2.24, 2.45) is 5.92 Å². The minimum Gasteiger partial charge on any atom is -0.309 e. The van der Waals surface area contributed by atoms with Crippen LogP contribution in [0.25, 0.3) is 0 Å². The third-order valence-electron chi connectivity index (χ3n) is 2.58. The van der Waals surface area contributed by atoms with Gasteiger partial charge in [0.15, 0.2) is 0 Å². The van der Waals surface area contributed by atoms with Gasteiger partial charge in [-0.3, -0.25) is 0 Å². The maximum atomic E-state index is 4.39. The molecule has 0 saturated heterocycles. The molecule has 0 aliphatic carbocycles. The Labute approximate surface area is 107 Å². The summed E-state index contributed by atoms with van der Waals surface area (Å²) in [5.41, 5.74) is 1.09. The van der Waals surface area contributed by atoms with Gasteiger partial charge < -0.3 is 5.32 Å². The van der Waals surface area contributed by atoms with Gasteiger partial charge in [0, 0.05) is 12.6 Å². The van der Waals surface area contributed by atoms with Crippen molar-refractivity contribution in [3.63, 3.8) is 0 Å². The Balaban J connectivity index is 2.28. The Morgan fingerprint density at radius 1 is 1.25 bits per heavy atom. The van der Waals surface area contributed by atoms with E-state index in [4.69, 9.17) is 0 Å². The van der Waals surface area contributed by atoms with Gasteiger partial charge in [-0.2, -0.15) is 0 Å². The molecule has 2 nitrogen and oxygen atoms in total.